The van der Waals surface area contributed by atoms with Gasteiger partial charge in [0.25, 0.3) is 0 Å². The van der Waals surface area contributed by atoms with Gasteiger partial charge in [-0.25, -0.2) is 4.79 Å². The summed E-state index contributed by atoms with van der Waals surface area (Å²) in [7, 11) is 0. The monoisotopic (exact) mass is 774 g/mol. The van der Waals surface area contributed by atoms with Crippen LogP contribution in [-0.4, -0.2) is 65.4 Å². The molecule has 0 fully saturated rings. The van der Waals surface area contributed by atoms with Crippen LogP contribution < -0.4 is 21.7 Å². The zero-order valence-corrected chi connectivity index (χ0v) is 31.8. The molecule has 0 radical (unpaired) electrons. The summed E-state index contributed by atoms with van der Waals surface area (Å²) in [6, 6.07) is 22.6. The SMILES string of the molecule is CC(C)(C)OC(=O)N[C@H](CCC(=O)OCc1ccccc1)C(=O)N[C@H](CCC(=O)OCc1ccccc1)C(=O)N[C@@H](CCC(=O)OCc1ccccc1)C(N)=O. The van der Waals surface area contributed by atoms with Crippen molar-refractivity contribution < 1.29 is 52.5 Å². The summed E-state index contributed by atoms with van der Waals surface area (Å²) in [6.07, 6.45) is -2.64. The summed E-state index contributed by atoms with van der Waals surface area (Å²) in [5.74, 6) is -4.74. The molecule has 3 atom stereocenters. The molecule has 0 saturated carbocycles. The molecule has 0 aromatic heterocycles. The summed E-state index contributed by atoms with van der Waals surface area (Å²) in [4.78, 5) is 90.4. The molecule has 3 rings (SSSR count). The molecule has 0 aliphatic carbocycles. The molecule has 300 valence electrons. The second-order valence-corrected chi connectivity index (χ2v) is 13.8. The van der Waals surface area contributed by atoms with Gasteiger partial charge < -0.3 is 40.6 Å². The van der Waals surface area contributed by atoms with Gasteiger partial charge in [-0.1, -0.05) is 91.0 Å². The van der Waals surface area contributed by atoms with Crippen LogP contribution in [0.5, 0.6) is 0 Å². The number of alkyl carbamates (subject to hydrolysis) is 1. The molecule has 5 N–H and O–H groups in total. The Bertz CT molecular complexity index is 1750. The highest BCUT2D eigenvalue weighted by molar-refractivity contribution is 5.94. The second-order valence-electron chi connectivity index (χ2n) is 13.8. The van der Waals surface area contributed by atoms with Crippen molar-refractivity contribution in [2.75, 3.05) is 0 Å². The van der Waals surface area contributed by atoms with Crippen molar-refractivity contribution in [2.24, 2.45) is 5.73 Å². The van der Waals surface area contributed by atoms with Crippen LogP contribution in [0.25, 0.3) is 0 Å². The van der Waals surface area contributed by atoms with Gasteiger partial charge in [0.05, 0.1) is 0 Å². The van der Waals surface area contributed by atoms with E-state index in [-0.39, 0.29) is 58.3 Å². The van der Waals surface area contributed by atoms with E-state index in [0.29, 0.717) is 0 Å². The minimum Gasteiger partial charge on any atom is -0.461 e. The van der Waals surface area contributed by atoms with Crippen LogP contribution in [0.1, 0.15) is 76.0 Å². The molecule has 0 bridgehead atoms. The van der Waals surface area contributed by atoms with Gasteiger partial charge in [-0.15, -0.1) is 0 Å². The maximum atomic E-state index is 13.7. The predicted octanol–water partition coefficient (Wildman–Crippen LogP) is 3.91. The number of rotatable bonds is 21. The van der Waals surface area contributed by atoms with Crippen LogP contribution in [0.3, 0.4) is 0 Å². The Hall–Kier alpha value is -6.25. The summed E-state index contributed by atoms with van der Waals surface area (Å²) in [6.45, 7) is 4.83. The number of esters is 3. The van der Waals surface area contributed by atoms with E-state index in [1.54, 1.807) is 93.6 Å². The number of hydrogen-bond acceptors (Lipinski definition) is 11. The van der Waals surface area contributed by atoms with Gasteiger partial charge in [0, 0.05) is 19.3 Å². The quantitative estimate of drug-likeness (QED) is 0.0899. The van der Waals surface area contributed by atoms with E-state index in [1.165, 1.54) is 0 Å². The topological polar surface area (TPSA) is 219 Å². The highest BCUT2D eigenvalue weighted by atomic mass is 16.6. The van der Waals surface area contributed by atoms with Crippen molar-refractivity contribution in [3.8, 4) is 0 Å². The Morgan fingerprint density at radius 3 is 1.18 bits per heavy atom. The number of hydrogen-bond donors (Lipinski definition) is 4. The van der Waals surface area contributed by atoms with Crippen LogP contribution in [0, 0.1) is 0 Å². The lowest BCUT2D eigenvalue weighted by molar-refractivity contribution is -0.147. The van der Waals surface area contributed by atoms with Gasteiger partial charge >= 0.3 is 24.0 Å². The van der Waals surface area contributed by atoms with Crippen LogP contribution >= 0.6 is 0 Å². The molecule has 3 aromatic rings. The van der Waals surface area contributed by atoms with Crippen LogP contribution in [0.15, 0.2) is 91.0 Å². The molecule has 56 heavy (non-hydrogen) atoms. The molecule has 0 unspecified atom stereocenters. The third kappa shape index (κ3) is 17.7. The molecule has 15 heteroatoms. The van der Waals surface area contributed by atoms with Gasteiger partial charge in [0.15, 0.2) is 0 Å². The van der Waals surface area contributed by atoms with Crippen molar-refractivity contribution in [2.45, 2.75) is 103 Å². The van der Waals surface area contributed by atoms with E-state index >= 15 is 0 Å². The largest absolute Gasteiger partial charge is 0.461 e. The fourth-order valence-electron chi connectivity index (χ4n) is 5.03. The van der Waals surface area contributed by atoms with Crippen LogP contribution in [0.2, 0.25) is 0 Å². The van der Waals surface area contributed by atoms with Crippen LogP contribution in [0.4, 0.5) is 4.79 Å². The number of primary amides is 1. The summed E-state index contributed by atoms with van der Waals surface area (Å²) >= 11 is 0. The Balaban J connectivity index is 1.72. The molecule has 0 spiro atoms. The van der Waals surface area contributed by atoms with E-state index in [2.05, 4.69) is 16.0 Å². The standard InChI is InChI=1S/C41H50N4O11/c1-41(2,3)56-40(52)45-33(21-24-36(48)55-27-30-17-11-6-12-18-30)39(51)44-32(20-23-35(47)54-26-29-15-9-5-10-16-29)38(50)43-31(37(42)49)19-22-34(46)53-25-28-13-7-4-8-14-28/h4-18,31-33H,19-27H2,1-3H3,(H2,42,49)(H,43,50)(H,44,51)(H,45,52)/t31-,32+,33+/m0/s1. The summed E-state index contributed by atoms with van der Waals surface area (Å²) in [5.41, 5.74) is 6.87. The van der Waals surface area contributed by atoms with Crippen molar-refractivity contribution in [3.63, 3.8) is 0 Å². The third-order valence-corrected chi connectivity index (χ3v) is 7.94. The highest BCUT2D eigenvalue weighted by Gasteiger charge is 2.31. The zero-order chi connectivity index (χ0) is 40.9. The Morgan fingerprint density at radius 2 is 0.839 bits per heavy atom. The maximum absolute atomic E-state index is 13.7. The fraction of sp³-hybridized carbons (Fsp3) is 0.390. The van der Waals surface area contributed by atoms with Crippen molar-refractivity contribution in [1.82, 2.24) is 16.0 Å². The van der Waals surface area contributed by atoms with E-state index in [4.69, 9.17) is 24.7 Å². The van der Waals surface area contributed by atoms with Gasteiger partial charge in [-0.3, -0.25) is 28.8 Å². The summed E-state index contributed by atoms with van der Waals surface area (Å²) in [5, 5.41) is 7.41. The molecular weight excluding hydrogens is 724 g/mol. The number of carbonyl (C=O) groups is 7. The van der Waals surface area contributed by atoms with Gasteiger partial charge in [0.1, 0.15) is 43.5 Å². The molecule has 0 aliphatic heterocycles. The fourth-order valence-corrected chi connectivity index (χ4v) is 5.03. The Kier molecular flexibility index (Phi) is 18.0. The number of amides is 4. The molecular formula is C41H50N4O11. The molecule has 4 amide bonds. The second kappa shape index (κ2) is 22.8. The van der Waals surface area contributed by atoms with E-state index in [1.807, 2.05) is 18.2 Å². The first-order valence-electron chi connectivity index (χ1n) is 18.2. The lowest BCUT2D eigenvalue weighted by Gasteiger charge is -2.26. The Morgan fingerprint density at radius 1 is 0.518 bits per heavy atom. The average molecular weight is 775 g/mol. The first kappa shape index (κ1) is 44.1. The van der Waals surface area contributed by atoms with Crippen molar-refractivity contribution in [1.29, 1.82) is 0 Å². The number of carbonyl (C=O) groups excluding carboxylic acids is 7. The number of benzene rings is 3. The Labute approximate surface area is 326 Å². The third-order valence-electron chi connectivity index (χ3n) is 7.94. The zero-order valence-electron chi connectivity index (χ0n) is 31.8. The van der Waals surface area contributed by atoms with Crippen molar-refractivity contribution >= 4 is 41.7 Å². The first-order chi connectivity index (χ1) is 26.7. The predicted molar refractivity (Wildman–Crippen MR) is 203 cm³/mol. The minimum atomic E-state index is -1.47. The number of nitrogens with two attached hydrogens (primary N) is 1. The molecule has 0 heterocycles. The van der Waals surface area contributed by atoms with E-state index in [9.17, 15) is 33.6 Å². The molecule has 0 aliphatic rings. The smallest absolute Gasteiger partial charge is 0.408 e. The van der Waals surface area contributed by atoms with Gasteiger partial charge in [-0.05, 0) is 56.7 Å². The van der Waals surface area contributed by atoms with Gasteiger partial charge in [-0.2, -0.15) is 0 Å². The van der Waals surface area contributed by atoms with Crippen LogP contribution in [-0.2, 0) is 67.5 Å². The molecule has 3 aromatic carbocycles. The van der Waals surface area contributed by atoms with E-state index < -0.39 is 65.4 Å². The lowest BCUT2D eigenvalue weighted by Crippen LogP contribution is -2.56. The first-order valence-corrected chi connectivity index (χ1v) is 18.2. The van der Waals surface area contributed by atoms with Crippen molar-refractivity contribution in [3.05, 3.63) is 108 Å². The summed E-state index contributed by atoms with van der Waals surface area (Å²) < 4.78 is 21.2. The maximum Gasteiger partial charge on any atom is 0.408 e. The minimum absolute atomic E-state index is 0.00495. The molecule has 0 saturated heterocycles. The lowest BCUT2D eigenvalue weighted by atomic mass is 10.1. The van der Waals surface area contributed by atoms with E-state index in [0.717, 1.165) is 16.7 Å². The highest BCUT2D eigenvalue weighted by Crippen LogP contribution is 2.12. The van der Waals surface area contributed by atoms with Gasteiger partial charge in [0.2, 0.25) is 17.7 Å². The average Bonchev–Trinajstić information content (AvgIpc) is 3.17. The number of ether oxygens (including phenoxy) is 4. The normalized spacial score (nSPS) is 12.5. The molecule has 15 nitrogen and oxygen atoms in total. The number of nitrogens with one attached hydrogen (secondary N) is 3.